The van der Waals surface area contributed by atoms with E-state index in [1.807, 2.05) is 19.1 Å². The molecule has 0 atom stereocenters. The molecule has 0 saturated carbocycles. The molecule has 68 valence electrons. The zero-order chi connectivity index (χ0) is 8.10. The van der Waals surface area contributed by atoms with Crippen molar-refractivity contribution in [1.82, 2.24) is 4.98 Å². The predicted octanol–water partition coefficient (Wildman–Crippen LogP) is 2.64. The summed E-state index contributed by atoms with van der Waals surface area (Å²) in [4.78, 5) is 4.03. The van der Waals surface area contributed by atoms with Crippen molar-refractivity contribution < 1.29 is 4.74 Å². The molecule has 1 rings (SSSR count). The van der Waals surface area contributed by atoms with E-state index < -0.39 is 0 Å². The Bertz CT molecular complexity index is 213. The van der Waals surface area contributed by atoms with Crippen LogP contribution in [0.4, 0.5) is 0 Å². The zero-order valence-electron chi connectivity index (χ0n) is 6.79. The van der Waals surface area contributed by atoms with Gasteiger partial charge in [-0.15, -0.1) is 24.0 Å². The van der Waals surface area contributed by atoms with E-state index in [1.54, 1.807) is 6.20 Å². The van der Waals surface area contributed by atoms with E-state index in [-0.39, 0.29) is 12.4 Å². The van der Waals surface area contributed by atoms with Crippen LogP contribution in [0, 0.1) is 0 Å². The highest BCUT2D eigenvalue weighted by molar-refractivity contribution is 6.17. The number of pyridine rings is 1. The minimum absolute atomic E-state index is 0. The normalized spacial score (nSPS) is 8.83. The van der Waals surface area contributed by atoms with Gasteiger partial charge in [-0.25, -0.2) is 4.98 Å². The smallest absolute Gasteiger partial charge is 0.213 e. The Hall–Kier alpha value is -0.470. The van der Waals surface area contributed by atoms with Gasteiger partial charge in [0.2, 0.25) is 5.88 Å². The summed E-state index contributed by atoms with van der Waals surface area (Å²) in [6.45, 7) is 2.57. The summed E-state index contributed by atoms with van der Waals surface area (Å²) in [6.07, 6.45) is 1.72. The molecule has 0 amide bonds. The first-order valence-corrected chi connectivity index (χ1v) is 4.04. The Morgan fingerprint density at radius 2 is 2.25 bits per heavy atom. The molecule has 0 saturated heterocycles. The molecule has 0 unspecified atom stereocenters. The lowest BCUT2D eigenvalue weighted by molar-refractivity contribution is 0.326. The van der Waals surface area contributed by atoms with Crippen molar-refractivity contribution in [2.45, 2.75) is 12.8 Å². The Morgan fingerprint density at radius 3 is 2.67 bits per heavy atom. The van der Waals surface area contributed by atoms with Gasteiger partial charge >= 0.3 is 0 Å². The first-order chi connectivity index (χ1) is 5.36. The maximum Gasteiger partial charge on any atom is 0.213 e. The molecule has 1 aromatic rings. The lowest BCUT2D eigenvalue weighted by Gasteiger charge is -2.00. The Labute approximate surface area is 83.3 Å². The maximum atomic E-state index is 5.58. The van der Waals surface area contributed by atoms with E-state index in [4.69, 9.17) is 16.3 Å². The fraction of sp³-hybridized carbons (Fsp3) is 0.375. The van der Waals surface area contributed by atoms with Crippen molar-refractivity contribution in [3.63, 3.8) is 0 Å². The molecule has 12 heavy (non-hydrogen) atoms. The second kappa shape index (κ2) is 6.09. The van der Waals surface area contributed by atoms with Gasteiger partial charge in [0.05, 0.1) is 6.61 Å². The molecule has 1 aromatic heterocycles. The maximum absolute atomic E-state index is 5.58. The minimum atomic E-state index is 0. The highest BCUT2D eigenvalue weighted by Crippen LogP contribution is 2.08. The summed E-state index contributed by atoms with van der Waals surface area (Å²) in [5.74, 6) is 1.15. The van der Waals surface area contributed by atoms with Crippen LogP contribution in [-0.4, -0.2) is 11.6 Å². The number of hydrogen-bond acceptors (Lipinski definition) is 2. The minimum Gasteiger partial charge on any atom is -0.478 e. The first kappa shape index (κ1) is 11.5. The van der Waals surface area contributed by atoms with Crippen LogP contribution < -0.4 is 4.74 Å². The number of aromatic nitrogens is 1. The van der Waals surface area contributed by atoms with E-state index in [0.717, 1.165) is 5.56 Å². The van der Waals surface area contributed by atoms with Crippen LogP contribution in [0.1, 0.15) is 12.5 Å². The number of halogens is 2. The van der Waals surface area contributed by atoms with Crippen molar-refractivity contribution in [1.29, 1.82) is 0 Å². The second-order valence-electron chi connectivity index (χ2n) is 2.07. The Balaban J connectivity index is 0.00000121. The van der Waals surface area contributed by atoms with E-state index in [9.17, 15) is 0 Å². The summed E-state index contributed by atoms with van der Waals surface area (Å²) in [6, 6.07) is 3.73. The first-order valence-electron chi connectivity index (χ1n) is 3.50. The average Bonchev–Trinajstić information content (AvgIpc) is 2.07. The van der Waals surface area contributed by atoms with Crippen LogP contribution in [0.5, 0.6) is 5.88 Å². The molecule has 0 radical (unpaired) electrons. The number of alkyl halides is 1. The van der Waals surface area contributed by atoms with Crippen molar-refractivity contribution in [2.24, 2.45) is 0 Å². The molecule has 0 bridgehead atoms. The topological polar surface area (TPSA) is 22.1 Å². The van der Waals surface area contributed by atoms with E-state index in [1.165, 1.54) is 0 Å². The van der Waals surface area contributed by atoms with Gasteiger partial charge in [-0.2, -0.15) is 0 Å². The summed E-state index contributed by atoms with van der Waals surface area (Å²) in [7, 11) is 0. The zero-order valence-corrected chi connectivity index (χ0v) is 8.36. The summed E-state index contributed by atoms with van der Waals surface area (Å²) in [5, 5.41) is 0. The summed E-state index contributed by atoms with van der Waals surface area (Å²) in [5.41, 5.74) is 1.01. The molecule has 1 heterocycles. The van der Waals surface area contributed by atoms with Crippen molar-refractivity contribution >= 4 is 24.0 Å². The largest absolute Gasteiger partial charge is 0.478 e. The van der Waals surface area contributed by atoms with E-state index in [2.05, 4.69) is 4.98 Å². The lowest BCUT2D eigenvalue weighted by atomic mass is 10.3. The van der Waals surface area contributed by atoms with Gasteiger partial charge in [0, 0.05) is 18.1 Å². The monoisotopic (exact) mass is 207 g/mol. The van der Waals surface area contributed by atoms with Gasteiger partial charge in [0.1, 0.15) is 0 Å². The molecule has 0 aliphatic heterocycles. The third-order valence-corrected chi connectivity index (χ3v) is 1.55. The fourth-order valence-corrected chi connectivity index (χ4v) is 0.881. The van der Waals surface area contributed by atoms with Gasteiger partial charge < -0.3 is 4.74 Å². The quantitative estimate of drug-likeness (QED) is 0.712. The van der Waals surface area contributed by atoms with Crippen LogP contribution in [-0.2, 0) is 5.88 Å². The van der Waals surface area contributed by atoms with Crippen LogP contribution in [0.25, 0.3) is 0 Å². The van der Waals surface area contributed by atoms with Gasteiger partial charge in [-0.3, -0.25) is 0 Å². The molecule has 2 nitrogen and oxygen atoms in total. The Kier molecular flexibility index (Phi) is 5.85. The third-order valence-electron chi connectivity index (χ3n) is 1.24. The van der Waals surface area contributed by atoms with Crippen LogP contribution in [0.3, 0.4) is 0 Å². The Morgan fingerprint density at radius 1 is 1.50 bits per heavy atom. The highest BCUT2D eigenvalue weighted by atomic mass is 35.5. The van der Waals surface area contributed by atoms with E-state index >= 15 is 0 Å². The SMILES string of the molecule is CCOc1ccc(CCl)cn1.Cl. The van der Waals surface area contributed by atoms with Gasteiger partial charge in [-0.05, 0) is 12.5 Å². The molecule has 4 heteroatoms. The fourth-order valence-electron chi connectivity index (χ4n) is 0.723. The third kappa shape index (κ3) is 3.28. The average molecular weight is 208 g/mol. The molecular weight excluding hydrogens is 197 g/mol. The van der Waals surface area contributed by atoms with Crippen LogP contribution in [0.15, 0.2) is 18.3 Å². The molecule has 0 N–H and O–H groups in total. The van der Waals surface area contributed by atoms with Gasteiger partial charge in [-0.1, -0.05) is 6.07 Å². The van der Waals surface area contributed by atoms with Crippen LogP contribution >= 0.6 is 24.0 Å². The standard InChI is InChI=1S/C8H10ClNO.ClH/c1-2-11-8-4-3-7(5-9)6-10-8;/h3-4,6H,2,5H2,1H3;1H. The molecule has 0 spiro atoms. The number of nitrogens with zero attached hydrogens (tertiary/aromatic N) is 1. The highest BCUT2D eigenvalue weighted by Gasteiger charge is 1.93. The molecule has 0 aliphatic carbocycles. The number of hydrogen-bond donors (Lipinski definition) is 0. The van der Waals surface area contributed by atoms with Crippen LogP contribution in [0.2, 0.25) is 0 Å². The summed E-state index contributed by atoms with van der Waals surface area (Å²) < 4.78 is 5.15. The predicted molar refractivity (Wildman–Crippen MR) is 52.2 cm³/mol. The molecular formula is C8H11Cl2NO. The molecule has 0 fully saturated rings. The van der Waals surface area contributed by atoms with E-state index in [0.29, 0.717) is 18.4 Å². The summed E-state index contributed by atoms with van der Waals surface area (Å²) >= 11 is 5.58. The molecule has 0 aromatic carbocycles. The number of rotatable bonds is 3. The lowest BCUT2D eigenvalue weighted by Crippen LogP contribution is -1.93. The second-order valence-corrected chi connectivity index (χ2v) is 2.34. The van der Waals surface area contributed by atoms with Gasteiger partial charge in [0.15, 0.2) is 0 Å². The van der Waals surface area contributed by atoms with Gasteiger partial charge in [0.25, 0.3) is 0 Å². The van der Waals surface area contributed by atoms with Crippen molar-refractivity contribution in [3.8, 4) is 5.88 Å². The molecule has 0 aliphatic rings. The van der Waals surface area contributed by atoms with Crippen molar-refractivity contribution in [3.05, 3.63) is 23.9 Å². The van der Waals surface area contributed by atoms with Crippen molar-refractivity contribution in [2.75, 3.05) is 6.61 Å². The number of ether oxygens (including phenoxy) is 1.